The number of hydrogen-bond acceptors (Lipinski definition) is 2. The second kappa shape index (κ2) is 4.81. The Balaban J connectivity index is 1.60. The van der Waals surface area contributed by atoms with Crippen LogP contribution >= 0.6 is 0 Å². The molecule has 0 aliphatic heterocycles. The molecule has 1 N–H and O–H groups in total. The number of fused-ring (bicyclic) bond motifs is 1. The Bertz CT molecular complexity index is 621. The molecule has 1 aliphatic carbocycles. The van der Waals surface area contributed by atoms with Gasteiger partial charge in [-0.25, -0.2) is 13.8 Å². The first-order valence-electron chi connectivity index (χ1n) is 6.96. The fourth-order valence-corrected chi connectivity index (χ4v) is 2.60. The van der Waals surface area contributed by atoms with Gasteiger partial charge in [0.1, 0.15) is 5.82 Å². The number of H-pyrrole nitrogens is 1. The van der Waals surface area contributed by atoms with E-state index in [4.69, 9.17) is 0 Å². The third-order valence-electron chi connectivity index (χ3n) is 4.00. The summed E-state index contributed by atoms with van der Waals surface area (Å²) in [5.41, 5.74) is 3.16. The molecule has 0 amide bonds. The summed E-state index contributed by atoms with van der Waals surface area (Å²) in [5, 5.41) is 0. The fraction of sp³-hybridized carbons (Fsp3) is 0.533. The Labute approximate surface area is 117 Å². The zero-order valence-corrected chi connectivity index (χ0v) is 11.8. The molecule has 2 aromatic rings. The highest BCUT2D eigenvalue weighted by atomic mass is 19.3. The Morgan fingerprint density at radius 3 is 2.85 bits per heavy atom. The SMILES string of the molecule is Cc1cccc2[nH]c(CN(C)CC[C@H]3CC3(F)F)nc12. The topological polar surface area (TPSA) is 31.9 Å². The number of imidazole rings is 1. The lowest BCUT2D eigenvalue weighted by atomic mass is 10.2. The highest BCUT2D eigenvalue weighted by Crippen LogP contribution is 2.50. The number of aromatic amines is 1. The summed E-state index contributed by atoms with van der Waals surface area (Å²) in [6.45, 7) is 3.37. The van der Waals surface area contributed by atoms with Crippen molar-refractivity contribution in [3.63, 3.8) is 0 Å². The van der Waals surface area contributed by atoms with Crippen LogP contribution in [0.1, 0.15) is 24.2 Å². The maximum atomic E-state index is 12.8. The number of para-hydroxylation sites is 1. The Morgan fingerprint density at radius 2 is 2.20 bits per heavy atom. The number of nitrogens with zero attached hydrogens (tertiary/aromatic N) is 2. The van der Waals surface area contributed by atoms with E-state index in [1.165, 1.54) is 0 Å². The van der Waals surface area contributed by atoms with Crippen LogP contribution in [0.2, 0.25) is 0 Å². The van der Waals surface area contributed by atoms with Crippen LogP contribution in [0.3, 0.4) is 0 Å². The van der Waals surface area contributed by atoms with Gasteiger partial charge in [-0.05, 0) is 38.6 Å². The van der Waals surface area contributed by atoms with Gasteiger partial charge in [0.2, 0.25) is 0 Å². The van der Waals surface area contributed by atoms with E-state index in [9.17, 15) is 8.78 Å². The number of aryl methyl sites for hydroxylation is 1. The number of benzene rings is 1. The van der Waals surface area contributed by atoms with E-state index in [2.05, 4.69) is 9.97 Å². The van der Waals surface area contributed by atoms with Crippen molar-refractivity contribution in [3.8, 4) is 0 Å². The first-order valence-corrected chi connectivity index (χ1v) is 6.96. The maximum absolute atomic E-state index is 12.8. The lowest BCUT2D eigenvalue weighted by molar-refractivity contribution is 0.0943. The van der Waals surface area contributed by atoms with Gasteiger partial charge < -0.3 is 4.98 Å². The van der Waals surface area contributed by atoms with Crippen molar-refractivity contribution in [2.75, 3.05) is 13.6 Å². The van der Waals surface area contributed by atoms with E-state index in [1.54, 1.807) is 0 Å². The van der Waals surface area contributed by atoms with Crippen molar-refractivity contribution in [3.05, 3.63) is 29.6 Å². The average molecular weight is 279 g/mol. The smallest absolute Gasteiger partial charge is 0.251 e. The number of aromatic nitrogens is 2. The van der Waals surface area contributed by atoms with Gasteiger partial charge in [-0.3, -0.25) is 4.90 Å². The molecule has 3 rings (SSSR count). The number of halogens is 2. The van der Waals surface area contributed by atoms with E-state index in [0.717, 1.165) is 22.4 Å². The second-order valence-electron chi connectivity index (χ2n) is 5.84. The van der Waals surface area contributed by atoms with E-state index >= 15 is 0 Å². The van der Waals surface area contributed by atoms with E-state index in [1.807, 2.05) is 37.1 Å². The normalized spacial score (nSPS) is 20.8. The van der Waals surface area contributed by atoms with Crippen LogP contribution in [0.15, 0.2) is 18.2 Å². The summed E-state index contributed by atoms with van der Waals surface area (Å²) in [5.74, 6) is -1.93. The quantitative estimate of drug-likeness (QED) is 0.910. The lowest BCUT2D eigenvalue weighted by Gasteiger charge is -2.14. The summed E-state index contributed by atoms with van der Waals surface area (Å²) in [7, 11) is 1.95. The minimum absolute atomic E-state index is 0.0602. The summed E-state index contributed by atoms with van der Waals surface area (Å²) in [4.78, 5) is 9.91. The molecule has 1 saturated carbocycles. The van der Waals surface area contributed by atoms with Gasteiger partial charge in [-0.1, -0.05) is 12.1 Å². The van der Waals surface area contributed by atoms with Crippen molar-refractivity contribution < 1.29 is 8.78 Å². The molecule has 0 radical (unpaired) electrons. The monoisotopic (exact) mass is 279 g/mol. The van der Waals surface area contributed by atoms with E-state index in [-0.39, 0.29) is 6.42 Å². The Hall–Kier alpha value is -1.49. The summed E-state index contributed by atoms with van der Waals surface area (Å²) < 4.78 is 25.6. The number of alkyl halides is 2. The van der Waals surface area contributed by atoms with Crippen molar-refractivity contribution >= 4 is 11.0 Å². The van der Waals surface area contributed by atoms with Crippen molar-refractivity contribution in [1.29, 1.82) is 0 Å². The van der Waals surface area contributed by atoms with Gasteiger partial charge >= 0.3 is 0 Å². The Kier molecular flexibility index (Phi) is 3.24. The summed E-state index contributed by atoms with van der Waals surface area (Å²) in [6, 6.07) is 6.04. The van der Waals surface area contributed by atoms with Crippen LogP contribution in [-0.4, -0.2) is 34.4 Å². The summed E-state index contributed by atoms with van der Waals surface area (Å²) in [6.07, 6.45) is 0.618. The third kappa shape index (κ3) is 2.68. The van der Waals surface area contributed by atoms with Gasteiger partial charge in [-0.2, -0.15) is 0 Å². The second-order valence-corrected chi connectivity index (χ2v) is 5.84. The summed E-state index contributed by atoms with van der Waals surface area (Å²) >= 11 is 0. The molecule has 20 heavy (non-hydrogen) atoms. The third-order valence-corrected chi connectivity index (χ3v) is 4.00. The molecular weight excluding hydrogens is 260 g/mol. The van der Waals surface area contributed by atoms with Crippen LogP contribution in [0.25, 0.3) is 11.0 Å². The predicted octanol–water partition coefficient (Wildman–Crippen LogP) is 3.35. The standard InChI is InChI=1S/C15H19F2N3/c1-10-4-3-5-12-14(10)19-13(18-12)9-20(2)7-6-11-8-15(11,16)17/h3-5,11H,6-9H2,1-2H3,(H,18,19)/t11-/m0/s1. The van der Waals surface area contributed by atoms with Crippen LogP contribution in [0, 0.1) is 12.8 Å². The first kappa shape index (κ1) is 13.5. The highest BCUT2D eigenvalue weighted by molar-refractivity contribution is 5.78. The number of rotatable bonds is 5. The number of hydrogen-bond donors (Lipinski definition) is 1. The number of nitrogens with one attached hydrogen (secondary N) is 1. The predicted molar refractivity (Wildman–Crippen MR) is 74.8 cm³/mol. The molecule has 1 heterocycles. The van der Waals surface area contributed by atoms with Crippen LogP contribution in [0.5, 0.6) is 0 Å². The van der Waals surface area contributed by atoms with Gasteiger partial charge in [0.05, 0.1) is 17.6 Å². The molecule has 1 fully saturated rings. The van der Waals surface area contributed by atoms with Gasteiger partial charge in [0, 0.05) is 12.3 Å². The van der Waals surface area contributed by atoms with E-state index < -0.39 is 11.8 Å². The van der Waals surface area contributed by atoms with Crippen molar-refractivity contribution in [2.45, 2.75) is 32.2 Å². The first-order chi connectivity index (χ1) is 9.45. The highest BCUT2D eigenvalue weighted by Gasteiger charge is 2.55. The largest absolute Gasteiger partial charge is 0.341 e. The molecular formula is C15H19F2N3. The molecule has 0 spiro atoms. The minimum atomic E-state index is -2.41. The molecule has 1 aromatic heterocycles. The molecule has 0 saturated heterocycles. The average Bonchev–Trinajstić information content (AvgIpc) is 2.80. The molecule has 0 unspecified atom stereocenters. The van der Waals surface area contributed by atoms with Gasteiger partial charge in [0.15, 0.2) is 0 Å². The lowest BCUT2D eigenvalue weighted by Crippen LogP contribution is -2.20. The van der Waals surface area contributed by atoms with Crippen LogP contribution in [-0.2, 0) is 6.54 Å². The van der Waals surface area contributed by atoms with Crippen LogP contribution < -0.4 is 0 Å². The minimum Gasteiger partial charge on any atom is -0.341 e. The molecule has 0 bridgehead atoms. The fourth-order valence-electron chi connectivity index (χ4n) is 2.60. The molecule has 1 atom stereocenters. The Morgan fingerprint density at radius 1 is 1.45 bits per heavy atom. The zero-order valence-electron chi connectivity index (χ0n) is 11.8. The molecule has 1 aromatic carbocycles. The van der Waals surface area contributed by atoms with Crippen molar-refractivity contribution in [2.24, 2.45) is 5.92 Å². The molecule has 3 nitrogen and oxygen atoms in total. The van der Waals surface area contributed by atoms with Gasteiger partial charge in [-0.15, -0.1) is 0 Å². The molecule has 5 heteroatoms. The molecule has 108 valence electrons. The van der Waals surface area contributed by atoms with E-state index in [0.29, 0.717) is 19.5 Å². The van der Waals surface area contributed by atoms with Gasteiger partial charge in [0.25, 0.3) is 5.92 Å². The van der Waals surface area contributed by atoms with Crippen molar-refractivity contribution in [1.82, 2.24) is 14.9 Å². The maximum Gasteiger partial charge on any atom is 0.251 e. The van der Waals surface area contributed by atoms with Crippen LogP contribution in [0.4, 0.5) is 8.78 Å². The zero-order chi connectivity index (χ0) is 14.3. The molecule has 1 aliphatic rings.